The monoisotopic (exact) mass is 301 g/mol. The van der Waals surface area contributed by atoms with Gasteiger partial charge in [-0.2, -0.15) is 0 Å². The van der Waals surface area contributed by atoms with Gasteiger partial charge in [-0.1, -0.05) is 11.6 Å². The van der Waals surface area contributed by atoms with Crippen LogP contribution in [0.3, 0.4) is 0 Å². The molecule has 1 aromatic rings. The molecule has 0 spiro atoms. The lowest BCUT2D eigenvalue weighted by Crippen LogP contribution is -2.46. The number of carboxylic acids is 1. The first kappa shape index (κ1) is 14.5. The Balaban J connectivity index is 2.38. The number of hydrogen-bond acceptors (Lipinski definition) is 6. The van der Waals surface area contributed by atoms with E-state index in [2.05, 4.69) is 4.98 Å². The predicted molar refractivity (Wildman–Crippen MR) is 70.1 cm³/mol. The van der Waals surface area contributed by atoms with Crippen molar-refractivity contribution in [2.24, 2.45) is 0 Å². The molecule has 0 saturated carbocycles. The minimum Gasteiger partial charge on any atom is -0.481 e. The van der Waals surface area contributed by atoms with Crippen molar-refractivity contribution >= 4 is 28.9 Å². The number of nitrogens with zero attached hydrogens (tertiary/aromatic N) is 3. The zero-order valence-corrected chi connectivity index (χ0v) is 11.1. The molecule has 1 saturated heterocycles. The van der Waals surface area contributed by atoms with Gasteiger partial charge >= 0.3 is 11.7 Å². The smallest absolute Gasteiger partial charge is 0.310 e. The number of pyridine rings is 1. The summed E-state index contributed by atoms with van der Waals surface area (Å²) in [5.41, 5.74) is 0.0660. The third-order valence-corrected chi connectivity index (χ3v) is 3.18. The molecule has 1 aromatic heterocycles. The zero-order valence-electron chi connectivity index (χ0n) is 10.4. The van der Waals surface area contributed by atoms with E-state index >= 15 is 0 Å². The van der Waals surface area contributed by atoms with Gasteiger partial charge in [-0.05, 0) is 0 Å². The summed E-state index contributed by atoms with van der Waals surface area (Å²) in [6, 6.07) is 0.901. The molecule has 1 atom stereocenters. The van der Waals surface area contributed by atoms with Crippen LogP contribution in [-0.4, -0.2) is 46.8 Å². The van der Waals surface area contributed by atoms with Gasteiger partial charge in [0.1, 0.15) is 17.0 Å². The summed E-state index contributed by atoms with van der Waals surface area (Å²) in [6.45, 7) is 0.926. The maximum absolute atomic E-state index is 11.1. The maximum atomic E-state index is 11.1. The van der Waals surface area contributed by atoms with Crippen LogP contribution in [-0.2, 0) is 9.53 Å². The van der Waals surface area contributed by atoms with Gasteiger partial charge in [0.15, 0.2) is 0 Å². The van der Waals surface area contributed by atoms with Gasteiger partial charge in [0.25, 0.3) is 0 Å². The van der Waals surface area contributed by atoms with Crippen LogP contribution in [0.5, 0.6) is 0 Å². The van der Waals surface area contributed by atoms with E-state index in [-0.39, 0.29) is 29.6 Å². The Morgan fingerprint density at radius 3 is 3.10 bits per heavy atom. The van der Waals surface area contributed by atoms with Crippen LogP contribution < -0.4 is 4.90 Å². The molecule has 2 heterocycles. The van der Waals surface area contributed by atoms with E-state index < -0.39 is 16.9 Å². The molecule has 0 radical (unpaired) electrons. The summed E-state index contributed by atoms with van der Waals surface area (Å²) in [5.74, 6) is -0.992. The fourth-order valence-electron chi connectivity index (χ4n) is 2.13. The normalized spacial score (nSPS) is 18.9. The highest BCUT2D eigenvalue weighted by Gasteiger charge is 2.30. The van der Waals surface area contributed by atoms with E-state index in [4.69, 9.17) is 21.4 Å². The average Bonchev–Trinajstić information content (AvgIpc) is 2.38. The Kier molecular flexibility index (Phi) is 4.35. The Hall–Kier alpha value is -1.93. The van der Waals surface area contributed by atoms with Crippen molar-refractivity contribution in [1.82, 2.24) is 4.98 Å². The first-order valence-corrected chi connectivity index (χ1v) is 6.23. The maximum Gasteiger partial charge on any atom is 0.310 e. The number of aliphatic carboxylic acids is 1. The van der Waals surface area contributed by atoms with E-state index in [1.54, 1.807) is 4.90 Å². The van der Waals surface area contributed by atoms with Gasteiger partial charge in [-0.3, -0.25) is 14.9 Å². The molecule has 1 fully saturated rings. The molecule has 1 aliphatic heterocycles. The van der Waals surface area contributed by atoms with Gasteiger partial charge < -0.3 is 14.7 Å². The zero-order chi connectivity index (χ0) is 14.7. The number of nitro groups is 1. The Morgan fingerprint density at radius 2 is 2.45 bits per heavy atom. The molecule has 0 amide bonds. The average molecular weight is 302 g/mol. The molecule has 0 aromatic carbocycles. The summed E-state index contributed by atoms with van der Waals surface area (Å²) in [6.07, 6.45) is 0.905. The summed E-state index contributed by atoms with van der Waals surface area (Å²) in [5, 5.41) is 20.1. The summed E-state index contributed by atoms with van der Waals surface area (Å²) < 4.78 is 5.24. The second-order valence-corrected chi connectivity index (χ2v) is 4.66. The Bertz CT molecular complexity index is 539. The van der Waals surface area contributed by atoms with E-state index in [9.17, 15) is 14.9 Å². The van der Waals surface area contributed by atoms with Crippen LogP contribution in [0.1, 0.15) is 6.42 Å². The highest BCUT2D eigenvalue weighted by atomic mass is 35.5. The summed E-state index contributed by atoms with van der Waals surface area (Å²) >= 11 is 5.79. The number of halogens is 1. The highest BCUT2D eigenvalue weighted by Crippen LogP contribution is 2.32. The molecule has 1 aliphatic rings. The fourth-order valence-corrected chi connectivity index (χ4v) is 2.28. The number of ether oxygens (including phenoxy) is 1. The largest absolute Gasteiger partial charge is 0.481 e. The number of aromatic nitrogens is 1. The SMILES string of the molecule is O=C(O)CC1COCCN1c1cc(Cl)ncc1[N+](=O)[O-]. The molecular weight excluding hydrogens is 290 g/mol. The molecule has 1 N–H and O–H groups in total. The second kappa shape index (κ2) is 6.02. The quantitative estimate of drug-likeness (QED) is 0.508. The first-order chi connectivity index (χ1) is 9.49. The number of anilines is 1. The van der Waals surface area contributed by atoms with E-state index in [0.29, 0.717) is 13.2 Å². The van der Waals surface area contributed by atoms with Crippen LogP contribution in [0, 0.1) is 10.1 Å². The topological polar surface area (TPSA) is 106 Å². The fraction of sp³-hybridized carbons (Fsp3) is 0.455. The number of morpholine rings is 1. The number of carbonyl (C=O) groups is 1. The molecule has 108 valence electrons. The number of rotatable bonds is 4. The van der Waals surface area contributed by atoms with Crippen molar-refractivity contribution in [1.29, 1.82) is 0 Å². The predicted octanol–water partition coefficient (Wildman–Crippen LogP) is 1.32. The molecule has 8 nitrogen and oxygen atoms in total. The lowest BCUT2D eigenvalue weighted by Gasteiger charge is -2.36. The minimum atomic E-state index is -0.992. The van der Waals surface area contributed by atoms with Crippen molar-refractivity contribution in [3.63, 3.8) is 0 Å². The van der Waals surface area contributed by atoms with Crippen molar-refractivity contribution in [3.8, 4) is 0 Å². The van der Waals surface area contributed by atoms with Crippen molar-refractivity contribution < 1.29 is 19.6 Å². The van der Waals surface area contributed by atoms with E-state index in [0.717, 1.165) is 6.20 Å². The number of carboxylic acid groups (broad SMARTS) is 1. The molecular formula is C11H12ClN3O5. The van der Waals surface area contributed by atoms with E-state index in [1.165, 1.54) is 6.07 Å². The standard InChI is InChI=1S/C11H12ClN3O5/c12-10-4-8(9(5-13-10)15(18)19)14-1-2-20-6-7(14)3-11(16)17/h4-5,7H,1-3,6H2,(H,16,17). The van der Waals surface area contributed by atoms with Gasteiger partial charge in [0, 0.05) is 12.6 Å². The molecule has 2 rings (SSSR count). The van der Waals surface area contributed by atoms with Gasteiger partial charge in [-0.25, -0.2) is 4.98 Å². The van der Waals surface area contributed by atoms with Gasteiger partial charge in [-0.15, -0.1) is 0 Å². The molecule has 0 bridgehead atoms. The van der Waals surface area contributed by atoms with Gasteiger partial charge in [0.2, 0.25) is 0 Å². The van der Waals surface area contributed by atoms with Crippen LogP contribution >= 0.6 is 11.6 Å². The van der Waals surface area contributed by atoms with Crippen LogP contribution in [0.4, 0.5) is 11.4 Å². The lowest BCUT2D eigenvalue weighted by atomic mass is 10.1. The highest BCUT2D eigenvalue weighted by molar-refractivity contribution is 6.29. The Morgan fingerprint density at radius 1 is 1.70 bits per heavy atom. The van der Waals surface area contributed by atoms with Gasteiger partial charge in [0.05, 0.1) is 30.6 Å². The number of hydrogen-bond donors (Lipinski definition) is 1. The minimum absolute atomic E-state index is 0.117. The van der Waals surface area contributed by atoms with Crippen molar-refractivity contribution in [3.05, 3.63) is 27.5 Å². The molecule has 1 unspecified atom stereocenters. The first-order valence-electron chi connectivity index (χ1n) is 5.85. The van der Waals surface area contributed by atoms with E-state index in [1.807, 2.05) is 0 Å². The Labute approximate surface area is 119 Å². The molecule has 0 aliphatic carbocycles. The summed E-state index contributed by atoms with van der Waals surface area (Å²) in [7, 11) is 0. The summed E-state index contributed by atoms with van der Waals surface area (Å²) in [4.78, 5) is 26.7. The van der Waals surface area contributed by atoms with Crippen molar-refractivity contribution in [2.45, 2.75) is 12.5 Å². The third kappa shape index (κ3) is 3.14. The van der Waals surface area contributed by atoms with Crippen LogP contribution in [0.15, 0.2) is 12.3 Å². The molecule has 9 heteroatoms. The molecule has 20 heavy (non-hydrogen) atoms. The van der Waals surface area contributed by atoms with Crippen LogP contribution in [0.25, 0.3) is 0 Å². The second-order valence-electron chi connectivity index (χ2n) is 4.27. The lowest BCUT2D eigenvalue weighted by molar-refractivity contribution is -0.384. The third-order valence-electron chi connectivity index (χ3n) is 2.97. The van der Waals surface area contributed by atoms with Crippen LogP contribution in [0.2, 0.25) is 5.15 Å². The van der Waals surface area contributed by atoms with Crippen molar-refractivity contribution in [2.75, 3.05) is 24.7 Å².